The average molecular weight is 243 g/mol. The van der Waals surface area contributed by atoms with Gasteiger partial charge in [-0.2, -0.15) is 0 Å². The smallest absolute Gasteiger partial charge is 0.545 e. The molecule has 0 spiro atoms. The van der Waals surface area contributed by atoms with E-state index in [2.05, 4.69) is 0 Å². The molecule has 0 atom stereocenters. The molecule has 0 aromatic heterocycles. The monoisotopic (exact) mass is 243 g/mol. The average Bonchev–Trinajstić information content (AvgIpc) is 2.81. The second-order valence-electron chi connectivity index (χ2n) is 3.44. The first-order valence-corrected chi connectivity index (χ1v) is 6.03. The van der Waals surface area contributed by atoms with Crippen LogP contribution in [0.25, 0.3) is 0 Å². The van der Waals surface area contributed by atoms with Gasteiger partial charge in [0.1, 0.15) is 0 Å². The number of hydrogen-bond acceptors (Lipinski definition) is 4. The summed E-state index contributed by atoms with van der Waals surface area (Å²) < 4.78 is 0. The van der Waals surface area contributed by atoms with E-state index < -0.39 is 5.97 Å². The first-order chi connectivity index (χ1) is 7.70. The Balaban J connectivity index is 0.00000144. The molecule has 0 aliphatic carbocycles. The molecular formula is C11H10LiNO3S. The minimum absolute atomic E-state index is 0. The van der Waals surface area contributed by atoms with E-state index in [0.29, 0.717) is 12.4 Å². The molecule has 1 aromatic rings. The van der Waals surface area contributed by atoms with Crippen LogP contribution in [-0.4, -0.2) is 35.0 Å². The normalized spacial score (nSPS) is 14.2. The number of aromatic carboxylic acids is 1. The summed E-state index contributed by atoms with van der Waals surface area (Å²) >= 11 is 1.66. The number of hydrogen-bond donors (Lipinski definition) is 0. The molecule has 6 heteroatoms. The van der Waals surface area contributed by atoms with Crippen LogP contribution in [0.3, 0.4) is 0 Å². The molecule has 4 nitrogen and oxygen atoms in total. The zero-order chi connectivity index (χ0) is 11.5. The van der Waals surface area contributed by atoms with Crippen LogP contribution in [0, 0.1) is 0 Å². The van der Waals surface area contributed by atoms with Crippen molar-refractivity contribution in [2.24, 2.45) is 0 Å². The SMILES string of the molecule is O=C([O-])c1ccccc1C(=O)N1CCSC1.[Li+]. The van der Waals surface area contributed by atoms with Gasteiger partial charge in [-0.3, -0.25) is 4.79 Å². The van der Waals surface area contributed by atoms with Gasteiger partial charge in [0, 0.05) is 23.4 Å². The van der Waals surface area contributed by atoms with Crippen LogP contribution < -0.4 is 24.0 Å². The van der Waals surface area contributed by atoms with Crippen molar-refractivity contribution in [2.45, 2.75) is 0 Å². The Bertz CT molecular complexity index is 432. The summed E-state index contributed by atoms with van der Waals surface area (Å²) in [6.07, 6.45) is 0. The van der Waals surface area contributed by atoms with E-state index in [9.17, 15) is 14.7 Å². The second-order valence-corrected chi connectivity index (χ2v) is 4.51. The third-order valence-corrected chi connectivity index (χ3v) is 3.38. The minimum atomic E-state index is -1.31. The Morgan fingerprint density at radius 1 is 1.24 bits per heavy atom. The number of rotatable bonds is 2. The molecule has 2 rings (SSSR count). The number of benzene rings is 1. The fourth-order valence-electron chi connectivity index (χ4n) is 1.59. The van der Waals surface area contributed by atoms with Gasteiger partial charge < -0.3 is 14.8 Å². The Hall–Kier alpha value is -0.893. The van der Waals surface area contributed by atoms with E-state index in [4.69, 9.17) is 0 Å². The molecule has 17 heavy (non-hydrogen) atoms. The maximum absolute atomic E-state index is 12.0. The van der Waals surface area contributed by atoms with Crippen molar-refractivity contribution in [2.75, 3.05) is 18.2 Å². The third kappa shape index (κ3) is 3.06. The van der Waals surface area contributed by atoms with Crippen LogP contribution in [0.15, 0.2) is 24.3 Å². The van der Waals surface area contributed by atoms with Gasteiger partial charge in [0.15, 0.2) is 0 Å². The number of carbonyl (C=O) groups excluding carboxylic acids is 2. The van der Waals surface area contributed by atoms with E-state index in [1.807, 2.05) is 0 Å². The van der Waals surface area contributed by atoms with Gasteiger partial charge in [-0.15, -0.1) is 11.8 Å². The Morgan fingerprint density at radius 2 is 1.88 bits per heavy atom. The van der Waals surface area contributed by atoms with Gasteiger partial charge in [-0.25, -0.2) is 0 Å². The molecular weight excluding hydrogens is 233 g/mol. The maximum Gasteiger partial charge on any atom is 1.00 e. The van der Waals surface area contributed by atoms with Gasteiger partial charge in [0.05, 0.1) is 11.8 Å². The van der Waals surface area contributed by atoms with Gasteiger partial charge >= 0.3 is 18.9 Å². The van der Waals surface area contributed by atoms with E-state index >= 15 is 0 Å². The van der Waals surface area contributed by atoms with Crippen molar-refractivity contribution in [3.05, 3.63) is 35.4 Å². The topological polar surface area (TPSA) is 60.4 Å². The molecule has 1 saturated heterocycles. The van der Waals surface area contributed by atoms with E-state index in [-0.39, 0.29) is 35.9 Å². The Labute approximate surface area is 116 Å². The first-order valence-electron chi connectivity index (χ1n) is 4.87. The summed E-state index contributed by atoms with van der Waals surface area (Å²) in [6, 6.07) is 6.16. The number of carboxylic acid groups (broad SMARTS) is 1. The standard InChI is InChI=1S/C11H11NO3S.Li/c13-10(12-5-6-16-7-12)8-3-1-2-4-9(8)11(14)15;/h1-4H,5-7H2,(H,14,15);/q;+1/p-1. The molecule has 0 unspecified atom stereocenters. The van der Waals surface area contributed by atoms with Crippen LogP contribution in [0.5, 0.6) is 0 Å². The van der Waals surface area contributed by atoms with Crippen LogP contribution in [0.2, 0.25) is 0 Å². The number of carboxylic acids is 1. The molecule has 0 N–H and O–H groups in total. The van der Waals surface area contributed by atoms with Crippen molar-refractivity contribution >= 4 is 23.6 Å². The number of nitrogens with zero attached hydrogens (tertiary/aromatic N) is 1. The predicted molar refractivity (Wildman–Crippen MR) is 59.1 cm³/mol. The van der Waals surface area contributed by atoms with Gasteiger partial charge in [0.2, 0.25) is 0 Å². The Kier molecular flexibility index (Phi) is 5.13. The van der Waals surface area contributed by atoms with Crippen LogP contribution >= 0.6 is 11.8 Å². The third-order valence-electron chi connectivity index (χ3n) is 2.42. The summed E-state index contributed by atoms with van der Waals surface area (Å²) in [5.74, 6) is -0.0139. The van der Waals surface area contributed by atoms with Crippen molar-refractivity contribution in [3.8, 4) is 0 Å². The quantitative estimate of drug-likeness (QED) is 0.526. The van der Waals surface area contributed by atoms with Crippen molar-refractivity contribution in [3.63, 3.8) is 0 Å². The van der Waals surface area contributed by atoms with Crippen molar-refractivity contribution < 1.29 is 33.6 Å². The van der Waals surface area contributed by atoms with Crippen LogP contribution in [0.1, 0.15) is 20.7 Å². The fourth-order valence-corrected chi connectivity index (χ4v) is 2.54. The van der Waals surface area contributed by atoms with E-state index in [1.54, 1.807) is 28.8 Å². The van der Waals surface area contributed by atoms with Gasteiger partial charge in [-0.05, 0) is 6.07 Å². The molecule has 1 amide bonds. The van der Waals surface area contributed by atoms with Crippen LogP contribution in [0.4, 0.5) is 0 Å². The minimum Gasteiger partial charge on any atom is -0.545 e. The molecule has 1 aliphatic heterocycles. The molecule has 84 valence electrons. The molecule has 0 saturated carbocycles. The molecule has 1 fully saturated rings. The van der Waals surface area contributed by atoms with Gasteiger partial charge in [0.25, 0.3) is 5.91 Å². The summed E-state index contributed by atoms with van der Waals surface area (Å²) in [7, 11) is 0. The summed E-state index contributed by atoms with van der Waals surface area (Å²) in [4.78, 5) is 24.5. The molecule has 0 bridgehead atoms. The van der Waals surface area contributed by atoms with Gasteiger partial charge in [-0.1, -0.05) is 18.2 Å². The number of amides is 1. The largest absolute Gasteiger partial charge is 1.00 e. The Morgan fingerprint density at radius 3 is 2.41 bits per heavy atom. The van der Waals surface area contributed by atoms with Crippen molar-refractivity contribution in [1.29, 1.82) is 0 Å². The number of thioether (sulfide) groups is 1. The zero-order valence-electron chi connectivity index (χ0n) is 9.51. The molecule has 0 radical (unpaired) electrons. The molecule has 1 heterocycles. The molecule has 1 aliphatic rings. The predicted octanol–water partition coefficient (Wildman–Crippen LogP) is -2.80. The van der Waals surface area contributed by atoms with E-state index in [1.165, 1.54) is 12.1 Å². The zero-order valence-corrected chi connectivity index (χ0v) is 10.3. The second kappa shape index (κ2) is 6.15. The molecule has 1 aromatic carbocycles. The summed E-state index contributed by atoms with van der Waals surface area (Å²) in [5, 5.41) is 10.9. The maximum atomic E-state index is 12.0. The first kappa shape index (κ1) is 14.2. The van der Waals surface area contributed by atoms with Crippen molar-refractivity contribution in [1.82, 2.24) is 4.90 Å². The number of carbonyl (C=O) groups is 2. The van der Waals surface area contributed by atoms with Crippen LogP contribution in [-0.2, 0) is 0 Å². The fraction of sp³-hybridized carbons (Fsp3) is 0.273. The van der Waals surface area contributed by atoms with E-state index in [0.717, 1.165) is 5.75 Å². The summed E-state index contributed by atoms with van der Waals surface area (Å²) in [6.45, 7) is 0.672. The summed E-state index contributed by atoms with van der Waals surface area (Å²) in [5.41, 5.74) is 0.175.